The quantitative estimate of drug-likeness (QED) is 0.497. The Labute approximate surface area is 196 Å². The van der Waals surface area contributed by atoms with Gasteiger partial charge in [0.2, 0.25) is 11.8 Å². The van der Waals surface area contributed by atoms with Gasteiger partial charge in [-0.1, -0.05) is 30.3 Å². The monoisotopic (exact) mass is 472 g/mol. The number of hydrogen-bond acceptors (Lipinski definition) is 5. The highest BCUT2D eigenvalue weighted by atomic mass is 32.2. The number of carbonyl (C=O) groups is 2. The van der Waals surface area contributed by atoms with Crippen molar-refractivity contribution in [3.63, 3.8) is 0 Å². The fourth-order valence-corrected chi connectivity index (χ4v) is 4.44. The van der Waals surface area contributed by atoms with E-state index < -0.39 is 9.84 Å². The molecule has 2 aromatic carbocycles. The van der Waals surface area contributed by atoms with Crippen LogP contribution in [0.15, 0.2) is 59.5 Å². The number of nitrogens with zero attached hydrogens (tertiary/aromatic N) is 2. The van der Waals surface area contributed by atoms with Crippen molar-refractivity contribution in [3.8, 4) is 5.75 Å². The first-order valence-corrected chi connectivity index (χ1v) is 13.2. The molecule has 0 N–H and O–H groups in total. The Kier molecular flexibility index (Phi) is 8.88. The summed E-state index contributed by atoms with van der Waals surface area (Å²) in [6.45, 7) is 2.68. The van der Waals surface area contributed by atoms with E-state index in [4.69, 9.17) is 4.74 Å². The van der Waals surface area contributed by atoms with Crippen molar-refractivity contribution in [2.45, 2.75) is 37.0 Å². The Hall–Kier alpha value is -2.87. The molecule has 1 aliphatic heterocycles. The first kappa shape index (κ1) is 24.8. The Morgan fingerprint density at radius 1 is 0.818 bits per heavy atom. The standard InChI is InChI=1S/C25H32N2O5S/c1-33(30,31)23-14-12-22(13-15-23)32-20-6-11-25(29)27-18-16-26(17-19-27)24(28)10-5-9-21-7-3-2-4-8-21/h2-4,7-8,12-15H,5-6,9-11,16-20H2,1H3. The maximum absolute atomic E-state index is 12.5. The van der Waals surface area contributed by atoms with Crippen LogP contribution in [0.3, 0.4) is 0 Å². The molecule has 0 aliphatic carbocycles. The van der Waals surface area contributed by atoms with Gasteiger partial charge < -0.3 is 14.5 Å². The van der Waals surface area contributed by atoms with Gasteiger partial charge in [-0.3, -0.25) is 9.59 Å². The smallest absolute Gasteiger partial charge is 0.222 e. The van der Waals surface area contributed by atoms with Crippen LogP contribution < -0.4 is 4.74 Å². The zero-order valence-corrected chi connectivity index (χ0v) is 19.9. The van der Waals surface area contributed by atoms with Crippen LogP contribution in [0, 0.1) is 0 Å². The molecule has 33 heavy (non-hydrogen) atoms. The number of ether oxygens (including phenoxy) is 1. The number of aryl methyl sites for hydroxylation is 1. The minimum atomic E-state index is -3.22. The molecule has 3 rings (SSSR count). The van der Waals surface area contributed by atoms with Crippen LogP contribution in [-0.2, 0) is 25.8 Å². The number of benzene rings is 2. The maximum atomic E-state index is 12.5. The van der Waals surface area contributed by atoms with Crippen molar-refractivity contribution in [1.82, 2.24) is 9.80 Å². The van der Waals surface area contributed by atoms with Gasteiger partial charge >= 0.3 is 0 Å². The van der Waals surface area contributed by atoms with Crippen LogP contribution >= 0.6 is 0 Å². The summed E-state index contributed by atoms with van der Waals surface area (Å²) >= 11 is 0. The third-order valence-corrected chi connectivity index (χ3v) is 6.87. The highest BCUT2D eigenvalue weighted by Crippen LogP contribution is 2.16. The molecule has 8 heteroatoms. The largest absolute Gasteiger partial charge is 0.494 e. The molecule has 7 nitrogen and oxygen atoms in total. The number of sulfone groups is 1. The molecule has 0 atom stereocenters. The number of amides is 2. The zero-order valence-electron chi connectivity index (χ0n) is 19.1. The molecule has 1 heterocycles. The molecule has 1 aliphatic rings. The summed E-state index contributed by atoms with van der Waals surface area (Å²) in [6.07, 6.45) is 4.38. The SMILES string of the molecule is CS(=O)(=O)c1ccc(OCCCC(=O)N2CCN(C(=O)CCCc3ccccc3)CC2)cc1. The van der Waals surface area contributed by atoms with Gasteiger partial charge in [0.25, 0.3) is 0 Å². The van der Waals surface area contributed by atoms with Gasteiger partial charge in [0.1, 0.15) is 5.75 Å². The molecule has 0 unspecified atom stereocenters. The zero-order chi connectivity index (χ0) is 23.7. The van der Waals surface area contributed by atoms with E-state index in [0.717, 1.165) is 19.1 Å². The van der Waals surface area contributed by atoms with Crippen molar-refractivity contribution >= 4 is 21.7 Å². The third-order valence-electron chi connectivity index (χ3n) is 5.74. The highest BCUT2D eigenvalue weighted by molar-refractivity contribution is 7.90. The lowest BCUT2D eigenvalue weighted by atomic mass is 10.1. The van der Waals surface area contributed by atoms with Crippen LogP contribution in [0.25, 0.3) is 0 Å². The fourth-order valence-electron chi connectivity index (χ4n) is 3.81. The van der Waals surface area contributed by atoms with E-state index >= 15 is 0 Å². The van der Waals surface area contributed by atoms with Gasteiger partial charge in [0.15, 0.2) is 9.84 Å². The van der Waals surface area contributed by atoms with E-state index in [1.165, 1.54) is 17.7 Å². The molecular formula is C25H32N2O5S. The molecule has 0 bridgehead atoms. The summed E-state index contributed by atoms with van der Waals surface area (Å²) in [4.78, 5) is 28.9. The molecule has 0 aromatic heterocycles. The number of hydrogen-bond donors (Lipinski definition) is 0. The van der Waals surface area contributed by atoms with Gasteiger partial charge in [0.05, 0.1) is 11.5 Å². The molecule has 2 amide bonds. The average Bonchev–Trinajstić information content (AvgIpc) is 2.82. The van der Waals surface area contributed by atoms with Crippen molar-refractivity contribution in [1.29, 1.82) is 0 Å². The summed E-state index contributed by atoms with van der Waals surface area (Å²) in [7, 11) is -3.22. The van der Waals surface area contributed by atoms with Crippen molar-refractivity contribution in [2.75, 3.05) is 39.0 Å². The average molecular weight is 473 g/mol. The molecule has 0 radical (unpaired) electrons. The summed E-state index contributed by atoms with van der Waals surface area (Å²) in [5.41, 5.74) is 1.25. The van der Waals surface area contributed by atoms with Crippen LogP contribution in [0.1, 0.15) is 31.2 Å². The second-order valence-electron chi connectivity index (χ2n) is 8.30. The minimum absolute atomic E-state index is 0.0715. The first-order valence-electron chi connectivity index (χ1n) is 11.4. The summed E-state index contributed by atoms with van der Waals surface area (Å²) in [5.74, 6) is 0.810. The van der Waals surface area contributed by atoms with Gasteiger partial charge in [-0.25, -0.2) is 8.42 Å². The Balaban J connectivity index is 1.30. The lowest BCUT2D eigenvalue weighted by Gasteiger charge is -2.35. The van der Waals surface area contributed by atoms with Gasteiger partial charge in [-0.05, 0) is 49.1 Å². The van der Waals surface area contributed by atoms with E-state index in [0.29, 0.717) is 57.8 Å². The predicted molar refractivity (Wildman–Crippen MR) is 127 cm³/mol. The van der Waals surface area contributed by atoms with Crippen LogP contribution in [0.4, 0.5) is 0 Å². The first-order chi connectivity index (χ1) is 15.8. The highest BCUT2D eigenvalue weighted by Gasteiger charge is 2.23. The number of rotatable bonds is 10. The molecule has 2 aromatic rings. The lowest BCUT2D eigenvalue weighted by Crippen LogP contribution is -2.50. The molecule has 1 saturated heterocycles. The maximum Gasteiger partial charge on any atom is 0.222 e. The second kappa shape index (κ2) is 11.8. The molecule has 0 saturated carbocycles. The minimum Gasteiger partial charge on any atom is -0.494 e. The van der Waals surface area contributed by atoms with Crippen molar-refractivity contribution in [3.05, 3.63) is 60.2 Å². The van der Waals surface area contributed by atoms with E-state index in [-0.39, 0.29) is 16.7 Å². The summed E-state index contributed by atoms with van der Waals surface area (Å²) in [6, 6.07) is 16.4. The molecule has 0 spiro atoms. The lowest BCUT2D eigenvalue weighted by molar-refractivity contribution is -0.139. The fraction of sp³-hybridized carbons (Fsp3) is 0.440. The van der Waals surface area contributed by atoms with Gasteiger partial charge in [0, 0.05) is 45.3 Å². The van der Waals surface area contributed by atoms with Crippen molar-refractivity contribution in [2.24, 2.45) is 0 Å². The van der Waals surface area contributed by atoms with E-state index in [2.05, 4.69) is 12.1 Å². The Morgan fingerprint density at radius 2 is 1.36 bits per heavy atom. The predicted octanol–water partition coefficient (Wildman–Crippen LogP) is 2.94. The normalized spacial score (nSPS) is 14.2. The van der Waals surface area contributed by atoms with E-state index in [1.807, 2.05) is 28.0 Å². The summed E-state index contributed by atoms with van der Waals surface area (Å²) < 4.78 is 28.6. The van der Waals surface area contributed by atoms with Crippen LogP contribution in [0.5, 0.6) is 5.75 Å². The summed E-state index contributed by atoms with van der Waals surface area (Å²) in [5, 5.41) is 0. The molecule has 178 valence electrons. The van der Waals surface area contributed by atoms with Gasteiger partial charge in [-0.2, -0.15) is 0 Å². The second-order valence-corrected chi connectivity index (χ2v) is 10.3. The third kappa shape index (κ3) is 7.89. The number of carbonyl (C=O) groups excluding carboxylic acids is 2. The Bertz CT molecular complexity index is 1010. The van der Waals surface area contributed by atoms with E-state index in [1.54, 1.807) is 12.1 Å². The Morgan fingerprint density at radius 3 is 1.91 bits per heavy atom. The molecular weight excluding hydrogens is 440 g/mol. The molecule has 1 fully saturated rings. The van der Waals surface area contributed by atoms with Crippen molar-refractivity contribution < 1.29 is 22.7 Å². The van der Waals surface area contributed by atoms with Crippen LogP contribution in [0.2, 0.25) is 0 Å². The van der Waals surface area contributed by atoms with Crippen LogP contribution in [-0.4, -0.2) is 69.1 Å². The number of piperazine rings is 1. The van der Waals surface area contributed by atoms with Gasteiger partial charge in [-0.15, -0.1) is 0 Å². The van der Waals surface area contributed by atoms with E-state index in [9.17, 15) is 18.0 Å². The topological polar surface area (TPSA) is 84.0 Å².